The van der Waals surface area contributed by atoms with Crippen LogP contribution in [0.15, 0.2) is 23.5 Å². The van der Waals surface area contributed by atoms with Gasteiger partial charge < -0.3 is 14.6 Å². The number of aryl methyl sites for hydroxylation is 3. The monoisotopic (exact) mass is 505 g/mol. The second kappa shape index (κ2) is 11.1. The van der Waals surface area contributed by atoms with Crippen LogP contribution in [0.4, 0.5) is 5.69 Å². The summed E-state index contributed by atoms with van der Waals surface area (Å²) < 4.78 is 39.4. The molecule has 3 rings (SSSR count). The molecule has 0 aliphatic rings. The number of aromatic hydroxyl groups is 1. The summed E-state index contributed by atoms with van der Waals surface area (Å²) in [5.41, 5.74) is -0.631. The normalized spacial score (nSPS) is 11.3. The molecule has 2 N–H and O–H groups in total. The summed E-state index contributed by atoms with van der Waals surface area (Å²) >= 11 is 0. The number of nitrogens with zero attached hydrogens (tertiary/aromatic N) is 6. The van der Waals surface area contributed by atoms with E-state index in [1.54, 1.807) is 12.4 Å². The molecule has 0 bridgehead atoms. The van der Waals surface area contributed by atoms with E-state index in [0.29, 0.717) is 18.7 Å². The van der Waals surface area contributed by atoms with Crippen LogP contribution in [-0.2, 0) is 22.9 Å². The van der Waals surface area contributed by atoms with E-state index >= 15 is 0 Å². The first-order valence-electron chi connectivity index (χ1n) is 10.8. The predicted molar refractivity (Wildman–Crippen MR) is 127 cm³/mol. The molecule has 0 aromatic carbocycles. The highest BCUT2D eigenvalue weighted by Crippen LogP contribution is 2.30. The second-order valence-electron chi connectivity index (χ2n) is 7.56. The van der Waals surface area contributed by atoms with Crippen molar-refractivity contribution in [2.45, 2.75) is 39.5 Å². The number of hydrogen-bond donors (Lipinski definition) is 2. The lowest BCUT2D eigenvalue weighted by Gasteiger charge is -2.18. The van der Waals surface area contributed by atoms with Crippen LogP contribution in [0.1, 0.15) is 37.0 Å². The Hall–Kier alpha value is -3.81. The molecule has 0 atom stereocenters. The Morgan fingerprint density at radius 1 is 1.06 bits per heavy atom. The number of ether oxygens (including phenoxy) is 2. The van der Waals surface area contributed by atoms with Gasteiger partial charge in [0, 0.05) is 25.2 Å². The molecule has 3 heterocycles. The van der Waals surface area contributed by atoms with Gasteiger partial charge in [0.05, 0.1) is 20.0 Å². The molecule has 0 fully saturated rings. The van der Waals surface area contributed by atoms with Gasteiger partial charge in [0.1, 0.15) is 18.0 Å². The smallest absolute Gasteiger partial charge is 0.286 e. The topological polar surface area (TPSA) is 171 Å². The number of rotatable bonds is 11. The van der Waals surface area contributed by atoms with Crippen molar-refractivity contribution >= 4 is 15.7 Å². The first kappa shape index (κ1) is 25.8. The van der Waals surface area contributed by atoms with Gasteiger partial charge >= 0.3 is 0 Å². The quantitative estimate of drug-likeness (QED) is 0.383. The summed E-state index contributed by atoms with van der Waals surface area (Å²) in [6, 6.07) is 0. The fourth-order valence-corrected chi connectivity index (χ4v) is 4.24. The van der Waals surface area contributed by atoms with Crippen LogP contribution in [0.5, 0.6) is 17.6 Å². The third-order valence-corrected chi connectivity index (χ3v) is 6.20. The molecule has 3 aromatic rings. The molecule has 0 aliphatic carbocycles. The predicted octanol–water partition coefficient (Wildman–Crippen LogP) is 1.17. The highest BCUT2D eigenvalue weighted by Gasteiger charge is 2.26. The van der Waals surface area contributed by atoms with Crippen molar-refractivity contribution < 1.29 is 23.0 Å². The van der Waals surface area contributed by atoms with E-state index in [9.17, 15) is 18.3 Å². The lowest BCUT2D eigenvalue weighted by atomic mass is 10.2. The van der Waals surface area contributed by atoms with Gasteiger partial charge in [-0.25, -0.2) is 18.4 Å². The second-order valence-corrected chi connectivity index (χ2v) is 9.40. The minimum Gasteiger partial charge on any atom is -0.492 e. The minimum atomic E-state index is -4.09. The van der Waals surface area contributed by atoms with E-state index in [0.717, 1.165) is 16.6 Å². The maximum Gasteiger partial charge on any atom is 0.286 e. The molecule has 14 heteroatoms. The molecule has 0 aliphatic heterocycles. The first-order chi connectivity index (χ1) is 16.7. The molecule has 3 aromatic heterocycles. The zero-order valence-electron chi connectivity index (χ0n) is 19.8. The molecule has 0 radical (unpaired) electrons. The van der Waals surface area contributed by atoms with E-state index in [1.807, 2.05) is 13.8 Å². The molecule has 0 saturated carbocycles. The van der Waals surface area contributed by atoms with Crippen molar-refractivity contribution in [3.8, 4) is 23.3 Å². The van der Waals surface area contributed by atoms with E-state index in [4.69, 9.17) is 9.47 Å². The summed E-state index contributed by atoms with van der Waals surface area (Å²) in [6.07, 6.45) is 6.09. The molecule has 0 saturated heterocycles. The van der Waals surface area contributed by atoms with Gasteiger partial charge in [0.2, 0.25) is 27.7 Å². The van der Waals surface area contributed by atoms with Crippen LogP contribution in [0.25, 0.3) is 5.69 Å². The van der Waals surface area contributed by atoms with E-state index in [-0.39, 0.29) is 29.7 Å². The van der Waals surface area contributed by atoms with Gasteiger partial charge in [0.25, 0.3) is 5.56 Å². The number of hydrogen-bond acceptors (Lipinski definition) is 11. The van der Waals surface area contributed by atoms with Crippen molar-refractivity contribution in [2.75, 3.05) is 24.7 Å². The lowest BCUT2D eigenvalue weighted by Crippen LogP contribution is -2.30. The summed E-state index contributed by atoms with van der Waals surface area (Å²) in [7, 11) is -1.38. The van der Waals surface area contributed by atoms with Crippen molar-refractivity contribution in [1.29, 1.82) is 0 Å². The van der Waals surface area contributed by atoms with Crippen molar-refractivity contribution in [2.24, 2.45) is 0 Å². The number of unbranched alkanes of at least 4 members (excludes halogenated alkanes) is 1. The highest BCUT2D eigenvalue weighted by atomic mass is 32.2. The van der Waals surface area contributed by atoms with E-state index in [1.165, 1.54) is 20.5 Å². The maximum atomic E-state index is 13.5. The molecule has 0 amide bonds. The summed E-state index contributed by atoms with van der Waals surface area (Å²) in [4.78, 5) is 33.9. The SMILES string of the molecule is CCCCc1nc(O)c(NS(=O)(=O)CCc2ncc(C)cn2)c(=O)n1-c1c(OC)ncnc1OC. The van der Waals surface area contributed by atoms with Crippen LogP contribution in [0, 0.1) is 6.92 Å². The molecular weight excluding hydrogens is 478 g/mol. The van der Waals surface area contributed by atoms with Gasteiger partial charge in [-0.15, -0.1) is 0 Å². The summed E-state index contributed by atoms with van der Waals surface area (Å²) in [5, 5.41) is 10.5. The Balaban J connectivity index is 2.07. The largest absolute Gasteiger partial charge is 0.492 e. The van der Waals surface area contributed by atoms with Crippen LogP contribution >= 0.6 is 0 Å². The zero-order chi connectivity index (χ0) is 25.6. The summed E-state index contributed by atoms with van der Waals surface area (Å²) in [5.74, 6) is -0.664. The molecule has 188 valence electrons. The number of methoxy groups -OCH3 is 2. The maximum absolute atomic E-state index is 13.5. The molecule has 13 nitrogen and oxygen atoms in total. The van der Waals surface area contributed by atoms with Gasteiger partial charge in [-0.05, 0) is 18.9 Å². The fraction of sp³-hybridized carbons (Fsp3) is 0.429. The average Bonchev–Trinajstić information content (AvgIpc) is 2.84. The molecule has 35 heavy (non-hydrogen) atoms. The number of sulfonamides is 1. The Labute approximate surface area is 202 Å². The fourth-order valence-electron chi connectivity index (χ4n) is 3.19. The van der Waals surface area contributed by atoms with Gasteiger partial charge in [-0.1, -0.05) is 13.3 Å². The molecule has 0 spiro atoms. The van der Waals surface area contributed by atoms with Gasteiger partial charge in [-0.3, -0.25) is 14.1 Å². The van der Waals surface area contributed by atoms with Gasteiger partial charge in [0.15, 0.2) is 11.4 Å². The summed E-state index contributed by atoms with van der Waals surface area (Å²) in [6.45, 7) is 3.77. The first-order valence-corrected chi connectivity index (χ1v) is 12.4. The van der Waals surface area contributed by atoms with E-state index < -0.39 is 32.9 Å². The van der Waals surface area contributed by atoms with Crippen molar-refractivity contribution in [3.05, 3.63) is 46.3 Å². The Morgan fingerprint density at radius 2 is 1.69 bits per heavy atom. The van der Waals surface area contributed by atoms with E-state index in [2.05, 4.69) is 29.6 Å². The van der Waals surface area contributed by atoms with Crippen molar-refractivity contribution in [1.82, 2.24) is 29.5 Å². The third-order valence-electron chi connectivity index (χ3n) is 4.94. The van der Waals surface area contributed by atoms with Crippen LogP contribution < -0.4 is 19.8 Å². The van der Waals surface area contributed by atoms with Crippen LogP contribution in [-0.4, -0.2) is 63.0 Å². The standard InChI is InChI=1S/C21H27N7O6S/c1-5-6-7-15-26-18(29)16(27-35(31,32)9-8-14-22-10-13(2)11-23-14)21(30)28(15)17-19(33-3)24-12-25-20(17)34-4/h10-12,27,29H,5-9H2,1-4H3. The molecule has 0 unspecified atom stereocenters. The minimum absolute atomic E-state index is 0.000743. The van der Waals surface area contributed by atoms with Crippen LogP contribution in [0.2, 0.25) is 0 Å². The Bertz CT molecular complexity index is 1320. The number of anilines is 1. The average molecular weight is 506 g/mol. The Kier molecular flexibility index (Phi) is 8.17. The Morgan fingerprint density at radius 3 is 2.26 bits per heavy atom. The van der Waals surface area contributed by atoms with Crippen molar-refractivity contribution in [3.63, 3.8) is 0 Å². The number of nitrogens with one attached hydrogen (secondary N) is 1. The zero-order valence-corrected chi connectivity index (χ0v) is 20.7. The number of aromatic nitrogens is 6. The van der Waals surface area contributed by atoms with Gasteiger partial charge in [-0.2, -0.15) is 15.0 Å². The lowest BCUT2D eigenvalue weighted by molar-refractivity contribution is 0.366. The van der Waals surface area contributed by atoms with Crippen LogP contribution in [0.3, 0.4) is 0 Å². The molecular formula is C21H27N7O6S. The third kappa shape index (κ3) is 6.01. The highest BCUT2D eigenvalue weighted by molar-refractivity contribution is 7.92.